The smallest absolute Gasteiger partial charge is 0.240 e. The SMILES string of the molecule is CCc1cccc(N(C#N)CC(=O)NC[C@H]2CCCO2)c1. The molecule has 1 aliphatic rings. The first-order valence-electron chi connectivity index (χ1n) is 7.37. The van der Waals surface area contributed by atoms with E-state index in [9.17, 15) is 10.1 Å². The topological polar surface area (TPSA) is 65.4 Å². The Morgan fingerprint density at radius 3 is 3.10 bits per heavy atom. The number of amides is 1. The zero-order valence-corrected chi connectivity index (χ0v) is 12.3. The quantitative estimate of drug-likeness (QED) is 0.640. The molecule has 112 valence electrons. The van der Waals surface area contributed by atoms with E-state index in [4.69, 9.17) is 4.74 Å². The number of hydrogen-bond donors (Lipinski definition) is 1. The molecule has 21 heavy (non-hydrogen) atoms. The fraction of sp³-hybridized carbons (Fsp3) is 0.500. The molecular formula is C16H21N3O2. The number of ether oxygens (including phenoxy) is 1. The molecule has 5 nitrogen and oxygen atoms in total. The van der Waals surface area contributed by atoms with E-state index in [0.717, 1.165) is 37.1 Å². The molecule has 0 unspecified atom stereocenters. The van der Waals surface area contributed by atoms with Gasteiger partial charge in [-0.15, -0.1) is 0 Å². The highest BCUT2D eigenvalue weighted by Crippen LogP contribution is 2.16. The van der Waals surface area contributed by atoms with Gasteiger partial charge in [-0.1, -0.05) is 19.1 Å². The first kappa shape index (κ1) is 15.3. The van der Waals surface area contributed by atoms with Crippen LogP contribution in [-0.4, -0.2) is 31.7 Å². The summed E-state index contributed by atoms with van der Waals surface area (Å²) in [5.74, 6) is -0.158. The van der Waals surface area contributed by atoms with Gasteiger partial charge in [-0.2, -0.15) is 5.26 Å². The van der Waals surface area contributed by atoms with Crippen LogP contribution in [0.3, 0.4) is 0 Å². The van der Waals surface area contributed by atoms with Gasteiger partial charge in [0.1, 0.15) is 6.54 Å². The number of nitriles is 1. The highest BCUT2D eigenvalue weighted by Gasteiger charge is 2.17. The number of hydrogen-bond acceptors (Lipinski definition) is 4. The summed E-state index contributed by atoms with van der Waals surface area (Å²) in [4.78, 5) is 13.3. The molecule has 0 spiro atoms. The van der Waals surface area contributed by atoms with Crippen molar-refractivity contribution in [3.05, 3.63) is 29.8 Å². The monoisotopic (exact) mass is 287 g/mol. The maximum absolute atomic E-state index is 11.9. The minimum absolute atomic E-state index is 0.0381. The molecule has 1 heterocycles. The van der Waals surface area contributed by atoms with Crippen LogP contribution in [0.1, 0.15) is 25.3 Å². The normalized spacial score (nSPS) is 17.2. The number of nitrogens with zero attached hydrogens (tertiary/aromatic N) is 2. The van der Waals surface area contributed by atoms with Crippen molar-refractivity contribution in [2.45, 2.75) is 32.3 Å². The van der Waals surface area contributed by atoms with Crippen LogP contribution in [0.5, 0.6) is 0 Å². The Balaban J connectivity index is 1.88. The number of rotatable bonds is 6. The van der Waals surface area contributed by atoms with Crippen molar-refractivity contribution in [2.24, 2.45) is 0 Å². The lowest BCUT2D eigenvalue weighted by molar-refractivity contribution is -0.120. The predicted octanol–water partition coefficient (Wildman–Crippen LogP) is 1.83. The summed E-state index contributed by atoms with van der Waals surface area (Å²) in [5, 5.41) is 12.1. The number of carbonyl (C=O) groups is 1. The van der Waals surface area contributed by atoms with Crippen LogP contribution in [0.15, 0.2) is 24.3 Å². The van der Waals surface area contributed by atoms with Crippen LogP contribution >= 0.6 is 0 Å². The van der Waals surface area contributed by atoms with Crippen molar-refractivity contribution in [2.75, 3.05) is 24.6 Å². The highest BCUT2D eigenvalue weighted by molar-refractivity contribution is 5.82. The Hall–Kier alpha value is -2.06. The molecule has 0 radical (unpaired) electrons. The van der Waals surface area contributed by atoms with Gasteiger partial charge >= 0.3 is 0 Å². The standard InChI is InChI=1S/C16H21N3O2/c1-2-13-5-3-6-14(9-13)19(12-17)11-16(20)18-10-15-7-4-8-21-15/h3,5-6,9,15H,2,4,7-8,10-11H2,1H3,(H,18,20)/t15-/m1/s1. The molecule has 1 N–H and O–H groups in total. The summed E-state index contributed by atoms with van der Waals surface area (Å²) in [6, 6.07) is 7.70. The molecule has 1 aromatic carbocycles. The van der Waals surface area contributed by atoms with E-state index in [0.29, 0.717) is 6.54 Å². The van der Waals surface area contributed by atoms with Crippen LogP contribution in [0, 0.1) is 11.5 Å². The van der Waals surface area contributed by atoms with Crippen molar-refractivity contribution in [3.63, 3.8) is 0 Å². The molecule has 0 aromatic heterocycles. The largest absolute Gasteiger partial charge is 0.376 e. The van der Waals surface area contributed by atoms with Crippen LogP contribution in [0.4, 0.5) is 5.69 Å². The molecule has 5 heteroatoms. The Bertz CT molecular complexity index is 518. The first-order valence-corrected chi connectivity index (χ1v) is 7.37. The summed E-state index contributed by atoms with van der Waals surface area (Å²) >= 11 is 0. The van der Waals surface area contributed by atoms with Gasteiger partial charge < -0.3 is 10.1 Å². The lowest BCUT2D eigenvalue weighted by Gasteiger charge is -2.17. The molecule has 1 atom stereocenters. The average Bonchev–Trinajstić information content (AvgIpc) is 3.04. The molecule has 0 saturated carbocycles. The summed E-state index contributed by atoms with van der Waals surface area (Å²) in [7, 11) is 0. The molecule has 1 saturated heterocycles. The van der Waals surface area contributed by atoms with E-state index in [2.05, 4.69) is 18.4 Å². The van der Waals surface area contributed by atoms with E-state index in [1.165, 1.54) is 4.90 Å². The van der Waals surface area contributed by atoms with Crippen LogP contribution in [0.25, 0.3) is 0 Å². The maximum atomic E-state index is 11.9. The summed E-state index contributed by atoms with van der Waals surface area (Å²) < 4.78 is 5.46. The fourth-order valence-corrected chi connectivity index (χ4v) is 2.36. The van der Waals surface area contributed by atoms with Gasteiger partial charge in [-0.25, -0.2) is 0 Å². The van der Waals surface area contributed by atoms with Crippen LogP contribution in [0.2, 0.25) is 0 Å². The molecule has 2 rings (SSSR count). The Morgan fingerprint density at radius 1 is 1.57 bits per heavy atom. The number of aryl methyl sites for hydroxylation is 1. The number of nitrogens with one attached hydrogen (secondary N) is 1. The number of benzene rings is 1. The first-order chi connectivity index (χ1) is 10.2. The lowest BCUT2D eigenvalue weighted by atomic mass is 10.1. The zero-order valence-electron chi connectivity index (χ0n) is 12.3. The Kier molecular flexibility index (Phi) is 5.59. The van der Waals surface area contributed by atoms with Gasteiger partial charge in [0.05, 0.1) is 11.8 Å². The lowest BCUT2D eigenvalue weighted by Crippen LogP contribution is -2.38. The van der Waals surface area contributed by atoms with Crippen molar-refractivity contribution < 1.29 is 9.53 Å². The zero-order chi connectivity index (χ0) is 15.1. The van der Waals surface area contributed by atoms with Crippen molar-refractivity contribution in [1.82, 2.24) is 5.32 Å². The van der Waals surface area contributed by atoms with Crippen LogP contribution in [-0.2, 0) is 16.0 Å². The second-order valence-corrected chi connectivity index (χ2v) is 5.15. The van der Waals surface area contributed by atoms with Crippen molar-refractivity contribution >= 4 is 11.6 Å². The molecule has 1 aliphatic heterocycles. The third kappa shape index (κ3) is 4.47. The third-order valence-electron chi connectivity index (χ3n) is 3.60. The minimum atomic E-state index is -0.158. The van der Waals surface area contributed by atoms with E-state index in [1.807, 2.05) is 24.3 Å². The average molecular weight is 287 g/mol. The number of anilines is 1. The molecule has 0 aliphatic carbocycles. The van der Waals surface area contributed by atoms with E-state index in [-0.39, 0.29) is 18.6 Å². The molecule has 1 amide bonds. The van der Waals surface area contributed by atoms with Gasteiger partial charge in [0.15, 0.2) is 6.19 Å². The molecule has 1 fully saturated rings. The molecular weight excluding hydrogens is 266 g/mol. The fourth-order valence-electron chi connectivity index (χ4n) is 2.36. The van der Waals surface area contributed by atoms with Gasteiger partial charge in [0, 0.05) is 13.2 Å². The summed E-state index contributed by atoms with van der Waals surface area (Å²) in [6.45, 7) is 3.39. The summed E-state index contributed by atoms with van der Waals surface area (Å²) in [6.07, 6.45) is 5.13. The predicted molar refractivity (Wildman–Crippen MR) is 80.8 cm³/mol. The van der Waals surface area contributed by atoms with E-state index < -0.39 is 0 Å². The van der Waals surface area contributed by atoms with E-state index >= 15 is 0 Å². The Labute approximate surface area is 125 Å². The molecule has 0 bridgehead atoms. The van der Waals surface area contributed by atoms with Gasteiger partial charge in [0.25, 0.3) is 0 Å². The minimum Gasteiger partial charge on any atom is -0.376 e. The Morgan fingerprint density at radius 2 is 2.43 bits per heavy atom. The maximum Gasteiger partial charge on any atom is 0.240 e. The molecule has 1 aromatic rings. The third-order valence-corrected chi connectivity index (χ3v) is 3.60. The van der Waals surface area contributed by atoms with E-state index in [1.54, 1.807) is 0 Å². The van der Waals surface area contributed by atoms with Gasteiger partial charge in [-0.3, -0.25) is 9.69 Å². The van der Waals surface area contributed by atoms with Crippen molar-refractivity contribution in [1.29, 1.82) is 5.26 Å². The highest BCUT2D eigenvalue weighted by atomic mass is 16.5. The van der Waals surface area contributed by atoms with Gasteiger partial charge in [-0.05, 0) is 37.0 Å². The van der Waals surface area contributed by atoms with Gasteiger partial charge in [0.2, 0.25) is 5.91 Å². The van der Waals surface area contributed by atoms with Crippen LogP contribution < -0.4 is 10.2 Å². The summed E-state index contributed by atoms with van der Waals surface area (Å²) in [5.41, 5.74) is 1.90. The second-order valence-electron chi connectivity index (χ2n) is 5.15. The number of carbonyl (C=O) groups excluding carboxylic acids is 1. The second kappa shape index (κ2) is 7.65. The van der Waals surface area contributed by atoms with Crippen molar-refractivity contribution in [3.8, 4) is 6.19 Å².